The Bertz CT molecular complexity index is 434. The molecule has 5 heteroatoms. The Hall–Kier alpha value is -0.480. The van der Waals surface area contributed by atoms with E-state index in [9.17, 15) is 0 Å². The third kappa shape index (κ3) is 4.81. The molecule has 1 fully saturated rings. The van der Waals surface area contributed by atoms with Gasteiger partial charge in [0.2, 0.25) is 0 Å². The first-order valence-corrected chi connectivity index (χ1v) is 7.89. The van der Waals surface area contributed by atoms with Crippen molar-refractivity contribution >= 4 is 23.2 Å². The number of rotatable bonds is 5. The minimum Gasteiger partial charge on any atom is -0.489 e. The maximum atomic E-state index is 6.19. The monoisotopic (exact) mass is 316 g/mol. The summed E-state index contributed by atoms with van der Waals surface area (Å²) in [5.41, 5.74) is 1.18. The summed E-state index contributed by atoms with van der Waals surface area (Å²) in [5, 5.41) is 4.03. The van der Waals surface area contributed by atoms with E-state index in [1.54, 1.807) is 0 Å². The molecular weight excluding hydrogens is 295 g/mol. The summed E-state index contributed by atoms with van der Waals surface area (Å²) < 4.78 is 5.84. The van der Waals surface area contributed by atoms with E-state index in [0.717, 1.165) is 38.5 Å². The zero-order chi connectivity index (χ0) is 14.5. The highest BCUT2D eigenvalue weighted by molar-refractivity contribution is 6.30. The van der Waals surface area contributed by atoms with E-state index in [2.05, 4.69) is 16.3 Å². The third-order valence-electron chi connectivity index (χ3n) is 3.52. The van der Waals surface area contributed by atoms with Crippen LogP contribution < -0.4 is 10.1 Å². The van der Waals surface area contributed by atoms with Crippen LogP contribution in [0.5, 0.6) is 5.75 Å². The normalized spacial score (nSPS) is 19.6. The fraction of sp³-hybridized carbons (Fsp3) is 0.600. The van der Waals surface area contributed by atoms with Gasteiger partial charge in [-0.2, -0.15) is 0 Å². The quantitative estimate of drug-likeness (QED) is 0.845. The number of alkyl halides is 1. The molecule has 3 nitrogen and oxygen atoms in total. The smallest absolute Gasteiger partial charge is 0.121 e. The van der Waals surface area contributed by atoms with Gasteiger partial charge in [0.15, 0.2) is 0 Å². The van der Waals surface area contributed by atoms with Crippen LogP contribution in [0.1, 0.15) is 19.4 Å². The number of halogens is 2. The van der Waals surface area contributed by atoms with E-state index in [1.165, 1.54) is 5.56 Å². The number of hydrogen-bond donors (Lipinski definition) is 1. The van der Waals surface area contributed by atoms with Crippen LogP contribution in [0.25, 0.3) is 0 Å². The minimum absolute atomic E-state index is 0.0365. The van der Waals surface area contributed by atoms with Gasteiger partial charge in [-0.25, -0.2) is 0 Å². The maximum absolute atomic E-state index is 6.19. The molecule has 1 aliphatic heterocycles. The van der Waals surface area contributed by atoms with Gasteiger partial charge < -0.3 is 10.1 Å². The summed E-state index contributed by atoms with van der Waals surface area (Å²) in [6.07, 6.45) is -0.0397. The van der Waals surface area contributed by atoms with Gasteiger partial charge in [0, 0.05) is 37.7 Å². The number of ether oxygens (including phenoxy) is 1. The third-order valence-corrected chi connectivity index (χ3v) is 4.09. The SMILES string of the molecule is CC(Cl)[C@H](C)Oc1cc(Cl)cc(CN2CCNCC2)c1. The predicted molar refractivity (Wildman–Crippen MR) is 85.0 cm³/mol. The van der Waals surface area contributed by atoms with E-state index in [4.69, 9.17) is 27.9 Å². The van der Waals surface area contributed by atoms with E-state index in [0.29, 0.717) is 5.02 Å². The second kappa shape index (κ2) is 7.51. The first kappa shape index (κ1) is 15.9. The lowest BCUT2D eigenvalue weighted by molar-refractivity contribution is 0.218. The van der Waals surface area contributed by atoms with Gasteiger partial charge in [0.05, 0.1) is 5.38 Å². The van der Waals surface area contributed by atoms with Crippen molar-refractivity contribution in [1.29, 1.82) is 0 Å². The van der Waals surface area contributed by atoms with Crippen molar-refractivity contribution < 1.29 is 4.74 Å². The van der Waals surface area contributed by atoms with Gasteiger partial charge in [-0.3, -0.25) is 4.90 Å². The van der Waals surface area contributed by atoms with Crippen molar-refractivity contribution in [2.24, 2.45) is 0 Å². The molecule has 1 N–H and O–H groups in total. The molecular formula is C15H22Cl2N2O. The number of benzene rings is 1. The molecule has 112 valence electrons. The first-order chi connectivity index (χ1) is 9.54. The van der Waals surface area contributed by atoms with Crippen molar-refractivity contribution in [1.82, 2.24) is 10.2 Å². The molecule has 1 unspecified atom stereocenters. The second-order valence-electron chi connectivity index (χ2n) is 5.32. The van der Waals surface area contributed by atoms with E-state index < -0.39 is 0 Å². The van der Waals surface area contributed by atoms with Crippen LogP contribution in [0.4, 0.5) is 0 Å². The summed E-state index contributed by atoms with van der Waals surface area (Å²) in [4.78, 5) is 2.42. The number of nitrogens with zero attached hydrogens (tertiary/aromatic N) is 1. The van der Waals surface area contributed by atoms with Crippen LogP contribution >= 0.6 is 23.2 Å². The number of hydrogen-bond acceptors (Lipinski definition) is 3. The summed E-state index contributed by atoms with van der Waals surface area (Å²) in [6.45, 7) is 9.03. The van der Waals surface area contributed by atoms with Crippen LogP contribution in [0.15, 0.2) is 18.2 Å². The van der Waals surface area contributed by atoms with Crippen molar-refractivity contribution in [3.8, 4) is 5.75 Å². The zero-order valence-electron chi connectivity index (χ0n) is 12.0. The van der Waals surface area contributed by atoms with Gasteiger partial charge in [-0.05, 0) is 37.6 Å². The minimum atomic E-state index is -0.0397. The Morgan fingerprint density at radius 1 is 1.25 bits per heavy atom. The van der Waals surface area contributed by atoms with Gasteiger partial charge in [-0.15, -0.1) is 11.6 Å². The lowest BCUT2D eigenvalue weighted by Gasteiger charge is -2.27. The molecule has 0 aliphatic carbocycles. The Balaban J connectivity index is 2.03. The highest BCUT2D eigenvalue weighted by Crippen LogP contribution is 2.24. The molecule has 0 spiro atoms. The predicted octanol–water partition coefficient (Wildman–Crippen LogP) is 3.14. The molecule has 2 atom stereocenters. The Kier molecular flexibility index (Phi) is 5.97. The van der Waals surface area contributed by atoms with Crippen LogP contribution in [0.2, 0.25) is 5.02 Å². The number of piperazine rings is 1. The van der Waals surface area contributed by atoms with E-state index >= 15 is 0 Å². The highest BCUT2D eigenvalue weighted by atomic mass is 35.5. The van der Waals surface area contributed by atoms with Gasteiger partial charge in [-0.1, -0.05) is 11.6 Å². The first-order valence-electron chi connectivity index (χ1n) is 7.08. The average molecular weight is 317 g/mol. The van der Waals surface area contributed by atoms with Gasteiger partial charge in [0.25, 0.3) is 0 Å². The Morgan fingerprint density at radius 2 is 1.95 bits per heavy atom. The van der Waals surface area contributed by atoms with Gasteiger partial charge in [0.1, 0.15) is 11.9 Å². The molecule has 1 aromatic rings. The van der Waals surface area contributed by atoms with Crippen LogP contribution in [-0.2, 0) is 6.54 Å². The zero-order valence-corrected chi connectivity index (χ0v) is 13.5. The summed E-state index contributed by atoms with van der Waals surface area (Å²) in [6, 6.07) is 5.91. The highest BCUT2D eigenvalue weighted by Gasteiger charge is 2.14. The molecule has 0 bridgehead atoms. The molecule has 1 aliphatic rings. The molecule has 0 amide bonds. The van der Waals surface area contributed by atoms with E-state index in [1.807, 2.05) is 26.0 Å². The molecule has 0 aromatic heterocycles. The summed E-state index contributed by atoms with van der Waals surface area (Å²) in [7, 11) is 0. The van der Waals surface area contributed by atoms with E-state index in [-0.39, 0.29) is 11.5 Å². The Labute approximate surface area is 131 Å². The molecule has 1 saturated heterocycles. The molecule has 1 aromatic carbocycles. The lowest BCUT2D eigenvalue weighted by atomic mass is 10.2. The molecule has 0 radical (unpaired) electrons. The summed E-state index contributed by atoms with van der Waals surface area (Å²) in [5.74, 6) is 0.794. The largest absolute Gasteiger partial charge is 0.489 e. The van der Waals surface area contributed by atoms with Crippen molar-refractivity contribution in [2.75, 3.05) is 26.2 Å². The van der Waals surface area contributed by atoms with Crippen molar-refractivity contribution in [2.45, 2.75) is 31.9 Å². The lowest BCUT2D eigenvalue weighted by Crippen LogP contribution is -2.42. The van der Waals surface area contributed by atoms with Crippen molar-refractivity contribution in [3.63, 3.8) is 0 Å². The van der Waals surface area contributed by atoms with Gasteiger partial charge >= 0.3 is 0 Å². The van der Waals surface area contributed by atoms with Crippen LogP contribution in [0.3, 0.4) is 0 Å². The Morgan fingerprint density at radius 3 is 2.60 bits per heavy atom. The van der Waals surface area contributed by atoms with Crippen molar-refractivity contribution in [3.05, 3.63) is 28.8 Å². The number of nitrogens with one attached hydrogen (secondary N) is 1. The average Bonchev–Trinajstić information content (AvgIpc) is 2.39. The topological polar surface area (TPSA) is 24.5 Å². The fourth-order valence-electron chi connectivity index (χ4n) is 2.22. The summed E-state index contributed by atoms with van der Waals surface area (Å²) >= 11 is 12.2. The molecule has 0 saturated carbocycles. The maximum Gasteiger partial charge on any atom is 0.121 e. The van der Waals surface area contributed by atoms with Crippen LogP contribution in [-0.4, -0.2) is 42.6 Å². The molecule has 1 heterocycles. The fourth-order valence-corrected chi connectivity index (χ4v) is 2.52. The standard InChI is InChI=1S/C15H22Cl2N2O/c1-11(16)12(2)20-15-8-13(7-14(17)9-15)10-19-5-3-18-4-6-19/h7-9,11-12,18H,3-6,10H2,1-2H3/t11?,12-/m0/s1. The second-order valence-corrected chi connectivity index (χ2v) is 6.45. The van der Waals surface area contributed by atoms with Crippen LogP contribution in [0, 0.1) is 0 Å². The molecule has 20 heavy (non-hydrogen) atoms. The molecule has 2 rings (SSSR count).